The molecule has 1 aromatic heterocycles. The second-order valence-electron chi connectivity index (χ2n) is 16.2. The molecule has 0 bridgehead atoms. The van der Waals surface area contributed by atoms with E-state index >= 15 is 0 Å². The third-order valence-electron chi connectivity index (χ3n) is 9.80. The molecule has 1 N–H and O–H groups in total. The Labute approximate surface area is 354 Å². The van der Waals surface area contributed by atoms with E-state index in [-0.39, 0.29) is 43.9 Å². The lowest BCUT2D eigenvalue weighted by Crippen LogP contribution is -2.44. The molecule has 1 fully saturated rings. The van der Waals surface area contributed by atoms with Crippen molar-refractivity contribution in [3.63, 3.8) is 0 Å². The van der Waals surface area contributed by atoms with E-state index in [2.05, 4.69) is 36.5 Å². The molecule has 1 saturated heterocycles. The molecule has 324 valence electrons. The summed E-state index contributed by atoms with van der Waals surface area (Å²) in [5.74, 6) is 1.35. The number of hydrogen-bond acceptors (Lipinski definition) is 12. The van der Waals surface area contributed by atoms with Gasteiger partial charge < -0.3 is 37.5 Å². The molecule has 4 aromatic rings. The number of nitrogens with zero attached hydrogens (tertiary/aromatic N) is 3. The topological polar surface area (TPSA) is 156 Å². The van der Waals surface area contributed by atoms with Gasteiger partial charge in [0.05, 0.1) is 46.5 Å². The van der Waals surface area contributed by atoms with Gasteiger partial charge in [-0.15, -0.1) is 0 Å². The highest BCUT2D eigenvalue weighted by atomic mass is 31.2. The summed E-state index contributed by atoms with van der Waals surface area (Å²) in [5, 5.41) is 9.46. The van der Waals surface area contributed by atoms with Gasteiger partial charge in [-0.3, -0.25) is 14.3 Å². The van der Waals surface area contributed by atoms with Gasteiger partial charge in [-0.25, -0.2) is 9.46 Å². The number of hydrogen-bond donors (Lipinski definition) is 1. The molecule has 15 heteroatoms. The number of nitrogens with one attached hydrogen (secondary N) is 1. The first kappa shape index (κ1) is 46.6. The van der Waals surface area contributed by atoms with E-state index in [9.17, 15) is 14.9 Å². The van der Waals surface area contributed by atoms with Crippen molar-refractivity contribution in [3.8, 4) is 17.6 Å². The van der Waals surface area contributed by atoms with Gasteiger partial charge in [0, 0.05) is 24.3 Å². The summed E-state index contributed by atoms with van der Waals surface area (Å²) in [7, 11) is 1.39. The molecule has 0 radical (unpaired) electrons. The Bertz CT molecular complexity index is 2030. The molecule has 3 aromatic carbocycles. The lowest BCUT2D eigenvalue weighted by Gasteiger charge is -2.39. The van der Waals surface area contributed by atoms with Crippen molar-refractivity contribution in [1.29, 1.82) is 5.26 Å². The molecule has 0 aliphatic carbocycles. The molecule has 1 aliphatic heterocycles. The van der Waals surface area contributed by atoms with E-state index in [4.69, 9.17) is 37.5 Å². The summed E-state index contributed by atoms with van der Waals surface area (Å²) in [6.07, 6.45) is -2.36. The minimum absolute atomic E-state index is 0.0156. The molecule has 5 atom stereocenters. The third-order valence-corrected chi connectivity index (χ3v) is 11.9. The van der Waals surface area contributed by atoms with Crippen LogP contribution in [0.3, 0.4) is 0 Å². The van der Waals surface area contributed by atoms with Crippen molar-refractivity contribution >= 4 is 8.53 Å². The minimum Gasteiger partial charge on any atom is -0.497 e. The van der Waals surface area contributed by atoms with Crippen LogP contribution in [0.15, 0.2) is 101 Å². The zero-order valence-corrected chi connectivity index (χ0v) is 36.9. The molecule has 5 rings (SSSR count). The van der Waals surface area contributed by atoms with E-state index in [1.54, 1.807) is 14.2 Å². The normalized spacial score (nSPS) is 18.9. The smallest absolute Gasteiger partial charge is 0.330 e. The largest absolute Gasteiger partial charge is 0.497 e. The Morgan fingerprint density at radius 2 is 1.43 bits per heavy atom. The summed E-state index contributed by atoms with van der Waals surface area (Å²) in [6, 6.07) is 28.6. The number of aromatic amines is 1. The number of nitriles is 1. The van der Waals surface area contributed by atoms with E-state index < -0.39 is 49.9 Å². The van der Waals surface area contributed by atoms with Gasteiger partial charge in [0.2, 0.25) is 0 Å². The molecule has 2 heterocycles. The summed E-state index contributed by atoms with van der Waals surface area (Å²) in [5.41, 5.74) is -0.175. The van der Waals surface area contributed by atoms with Gasteiger partial charge in [-0.05, 0) is 74.1 Å². The van der Waals surface area contributed by atoms with Gasteiger partial charge in [-0.1, -0.05) is 75.4 Å². The van der Waals surface area contributed by atoms with Gasteiger partial charge in [0.1, 0.15) is 42.2 Å². The van der Waals surface area contributed by atoms with Gasteiger partial charge in [-0.2, -0.15) is 5.26 Å². The van der Waals surface area contributed by atoms with Crippen LogP contribution in [0.2, 0.25) is 0 Å². The quantitative estimate of drug-likeness (QED) is 0.0382. The zero-order chi connectivity index (χ0) is 43.5. The molecule has 0 spiro atoms. The Morgan fingerprint density at radius 1 is 0.850 bits per heavy atom. The van der Waals surface area contributed by atoms with Crippen LogP contribution < -0.4 is 20.7 Å². The van der Waals surface area contributed by atoms with Gasteiger partial charge in [0.25, 0.3) is 14.1 Å². The Kier molecular flexibility index (Phi) is 16.6. The van der Waals surface area contributed by atoms with Gasteiger partial charge in [0.15, 0.2) is 6.23 Å². The highest BCUT2D eigenvalue weighted by Crippen LogP contribution is 2.51. The first-order valence-electron chi connectivity index (χ1n) is 20.1. The van der Waals surface area contributed by atoms with Crippen LogP contribution in [0.5, 0.6) is 11.5 Å². The Balaban J connectivity index is 1.67. The average molecular weight is 847 g/mol. The van der Waals surface area contributed by atoms with Crippen molar-refractivity contribution in [2.45, 2.75) is 97.1 Å². The fraction of sp³-hybridized carbons (Fsp3) is 0.489. The highest BCUT2D eigenvalue weighted by Gasteiger charge is 2.51. The highest BCUT2D eigenvalue weighted by molar-refractivity contribution is 7.44. The van der Waals surface area contributed by atoms with Crippen LogP contribution in [0.25, 0.3) is 0 Å². The van der Waals surface area contributed by atoms with Crippen LogP contribution in [-0.4, -0.2) is 85.5 Å². The molecule has 0 saturated carbocycles. The van der Waals surface area contributed by atoms with Crippen LogP contribution in [0.4, 0.5) is 0 Å². The summed E-state index contributed by atoms with van der Waals surface area (Å²) >= 11 is 0. The summed E-state index contributed by atoms with van der Waals surface area (Å²) < 4.78 is 54.7. The van der Waals surface area contributed by atoms with E-state index in [0.29, 0.717) is 18.1 Å². The van der Waals surface area contributed by atoms with Crippen molar-refractivity contribution in [2.24, 2.45) is 5.41 Å². The number of ether oxygens (including phenoxy) is 6. The number of benzene rings is 3. The minimum atomic E-state index is -1.85. The van der Waals surface area contributed by atoms with Crippen molar-refractivity contribution in [3.05, 3.63) is 129 Å². The Hall–Kier alpha value is -4.42. The number of aromatic nitrogens is 2. The predicted octanol–water partition coefficient (Wildman–Crippen LogP) is 7.53. The van der Waals surface area contributed by atoms with Crippen LogP contribution in [-0.2, 0) is 33.6 Å². The summed E-state index contributed by atoms with van der Waals surface area (Å²) in [6.45, 7) is 14.6. The van der Waals surface area contributed by atoms with E-state index in [1.165, 1.54) is 16.8 Å². The molecular weight excluding hydrogens is 787 g/mol. The predicted molar refractivity (Wildman–Crippen MR) is 229 cm³/mol. The van der Waals surface area contributed by atoms with Gasteiger partial charge >= 0.3 is 5.69 Å². The number of H-pyrrole nitrogens is 1. The molecule has 1 unspecified atom stereocenters. The van der Waals surface area contributed by atoms with Crippen molar-refractivity contribution < 1.29 is 37.5 Å². The second-order valence-corrected chi connectivity index (χ2v) is 17.6. The molecule has 14 nitrogen and oxygen atoms in total. The summed E-state index contributed by atoms with van der Waals surface area (Å²) in [4.78, 5) is 28.1. The standard InChI is InChI=1S/C45H59N4O10P/c1-31(2)49(32(3)4)60(57-27-13-25-46)59-40-38(58-42(48-26-24-39(50)47-43(48)51)41(40)55-30-54-29-44(5,6)7)28-56-45(33-14-11-10-12-15-33,34-16-20-36(52-8)21-17-34)35-18-22-37(53-9)23-19-35/h10-12,14-24,26,31-32,38,40-42H,13,27-30H2,1-9H3,(H,47,50,51)/t38-,40-,41-,42-,60?/m1/s1. The van der Waals surface area contributed by atoms with E-state index in [0.717, 1.165) is 16.7 Å². The maximum absolute atomic E-state index is 13.5. The monoisotopic (exact) mass is 846 g/mol. The SMILES string of the molecule is COc1ccc(C(OC[C@H]2O[C@@H](n3ccc(=O)[nH]c3=O)[C@H](OCOCC(C)(C)C)[C@@H]2OP(OCCC#N)N(C(C)C)C(C)C)(c2ccccc2)c2ccc(OC)cc2)cc1. The lowest BCUT2D eigenvalue weighted by molar-refractivity contribution is -0.147. The Morgan fingerprint density at radius 3 is 1.95 bits per heavy atom. The molecular formula is C45H59N4O10P. The van der Waals surface area contributed by atoms with Crippen LogP contribution in [0.1, 0.15) is 77.8 Å². The molecule has 0 amide bonds. The molecule has 1 aliphatic rings. The van der Waals surface area contributed by atoms with Crippen molar-refractivity contribution in [2.75, 3.05) is 40.8 Å². The first-order chi connectivity index (χ1) is 28.7. The fourth-order valence-electron chi connectivity index (χ4n) is 7.15. The third kappa shape index (κ3) is 11.5. The van der Waals surface area contributed by atoms with Crippen LogP contribution in [0, 0.1) is 16.7 Å². The second kappa shape index (κ2) is 21.4. The number of rotatable bonds is 21. The average Bonchev–Trinajstić information content (AvgIpc) is 3.55. The zero-order valence-electron chi connectivity index (χ0n) is 36.0. The number of methoxy groups -OCH3 is 2. The maximum atomic E-state index is 13.5. The van der Waals surface area contributed by atoms with Crippen LogP contribution >= 0.6 is 8.53 Å². The van der Waals surface area contributed by atoms with E-state index in [1.807, 2.05) is 107 Å². The lowest BCUT2D eigenvalue weighted by atomic mass is 9.80. The molecule has 60 heavy (non-hydrogen) atoms. The fourth-order valence-corrected chi connectivity index (χ4v) is 8.92. The van der Waals surface area contributed by atoms with Crippen molar-refractivity contribution in [1.82, 2.24) is 14.2 Å². The maximum Gasteiger partial charge on any atom is 0.330 e. The first-order valence-corrected chi connectivity index (χ1v) is 21.2.